The summed E-state index contributed by atoms with van der Waals surface area (Å²) in [5, 5.41) is 10.5. The third-order valence-electron chi connectivity index (χ3n) is 3.71. The molecule has 0 saturated carbocycles. The molecular formula is C17H16BrNS. The molecule has 102 valence electrons. The van der Waals surface area contributed by atoms with Gasteiger partial charge in [0.1, 0.15) is 0 Å². The second-order valence-electron chi connectivity index (χ2n) is 4.91. The number of halogens is 1. The molecule has 0 fully saturated rings. The molecule has 0 aliphatic heterocycles. The van der Waals surface area contributed by atoms with Crippen molar-refractivity contribution < 1.29 is 0 Å². The Labute approximate surface area is 131 Å². The van der Waals surface area contributed by atoms with Gasteiger partial charge in [0.2, 0.25) is 0 Å². The molecule has 0 radical (unpaired) electrons. The monoisotopic (exact) mass is 345 g/mol. The molecular weight excluding hydrogens is 330 g/mol. The van der Waals surface area contributed by atoms with Crippen LogP contribution in [0.15, 0.2) is 51.6 Å². The normalized spacial score (nSPS) is 12.8. The predicted octanol–water partition coefficient (Wildman–Crippen LogP) is 5.28. The Balaban J connectivity index is 2.23. The highest BCUT2D eigenvalue weighted by Gasteiger charge is 2.17. The van der Waals surface area contributed by atoms with Crippen molar-refractivity contribution in [3.8, 4) is 0 Å². The van der Waals surface area contributed by atoms with Crippen LogP contribution in [0, 0.1) is 6.92 Å². The van der Waals surface area contributed by atoms with Gasteiger partial charge in [-0.15, -0.1) is 0 Å². The van der Waals surface area contributed by atoms with Gasteiger partial charge in [0, 0.05) is 4.47 Å². The van der Waals surface area contributed by atoms with Crippen LogP contribution in [0.2, 0.25) is 0 Å². The summed E-state index contributed by atoms with van der Waals surface area (Å²) in [4.78, 5) is 0. The standard InChI is InChI=1S/C17H16BrNS/c1-11-9-20-10-15(11)17(19-2)14-7-8-16(18)13-6-4-3-5-12(13)14/h3-10,17,19H,1-2H3. The van der Waals surface area contributed by atoms with E-state index in [1.807, 2.05) is 7.05 Å². The Kier molecular flexibility index (Phi) is 3.92. The number of fused-ring (bicyclic) bond motifs is 1. The van der Waals surface area contributed by atoms with Gasteiger partial charge in [0.25, 0.3) is 0 Å². The van der Waals surface area contributed by atoms with Crippen molar-refractivity contribution in [1.29, 1.82) is 0 Å². The molecule has 0 spiro atoms. The molecule has 1 N–H and O–H groups in total. The smallest absolute Gasteiger partial charge is 0.0591 e. The van der Waals surface area contributed by atoms with Crippen molar-refractivity contribution in [3.63, 3.8) is 0 Å². The van der Waals surface area contributed by atoms with Crippen LogP contribution in [0.1, 0.15) is 22.7 Å². The highest BCUT2D eigenvalue weighted by atomic mass is 79.9. The average Bonchev–Trinajstić information content (AvgIpc) is 2.89. The van der Waals surface area contributed by atoms with Crippen LogP contribution in [-0.2, 0) is 0 Å². The molecule has 1 heterocycles. The van der Waals surface area contributed by atoms with E-state index in [1.165, 1.54) is 27.5 Å². The van der Waals surface area contributed by atoms with Gasteiger partial charge in [-0.3, -0.25) is 0 Å². The van der Waals surface area contributed by atoms with Crippen molar-refractivity contribution in [2.24, 2.45) is 0 Å². The van der Waals surface area contributed by atoms with E-state index in [9.17, 15) is 0 Å². The van der Waals surface area contributed by atoms with Gasteiger partial charge in [-0.05, 0) is 58.3 Å². The molecule has 2 aromatic carbocycles. The molecule has 1 nitrogen and oxygen atoms in total. The molecule has 3 rings (SSSR count). The summed E-state index contributed by atoms with van der Waals surface area (Å²) >= 11 is 5.41. The van der Waals surface area contributed by atoms with Crippen molar-refractivity contribution in [3.05, 3.63) is 68.3 Å². The number of thiophene rings is 1. The molecule has 1 atom stereocenters. The first-order valence-corrected chi connectivity index (χ1v) is 8.33. The summed E-state index contributed by atoms with van der Waals surface area (Å²) in [6, 6.07) is 13.1. The zero-order valence-electron chi connectivity index (χ0n) is 11.5. The summed E-state index contributed by atoms with van der Waals surface area (Å²) in [5.74, 6) is 0. The molecule has 3 aromatic rings. The lowest BCUT2D eigenvalue weighted by Gasteiger charge is -2.19. The van der Waals surface area contributed by atoms with Crippen LogP contribution < -0.4 is 5.32 Å². The zero-order chi connectivity index (χ0) is 14.1. The van der Waals surface area contributed by atoms with Crippen LogP contribution in [0.5, 0.6) is 0 Å². The van der Waals surface area contributed by atoms with Crippen molar-refractivity contribution in [1.82, 2.24) is 5.32 Å². The third kappa shape index (κ3) is 2.30. The van der Waals surface area contributed by atoms with Crippen LogP contribution in [0.3, 0.4) is 0 Å². The second-order valence-corrected chi connectivity index (χ2v) is 6.51. The molecule has 0 saturated heterocycles. The van der Waals surface area contributed by atoms with Gasteiger partial charge < -0.3 is 5.32 Å². The van der Waals surface area contributed by atoms with Gasteiger partial charge in [0.15, 0.2) is 0 Å². The Hall–Kier alpha value is -1.16. The number of hydrogen-bond acceptors (Lipinski definition) is 2. The molecule has 1 aromatic heterocycles. The molecule has 0 amide bonds. The second kappa shape index (κ2) is 5.68. The minimum atomic E-state index is 0.235. The molecule has 3 heteroatoms. The van der Waals surface area contributed by atoms with E-state index < -0.39 is 0 Å². The summed E-state index contributed by atoms with van der Waals surface area (Å²) < 4.78 is 1.15. The van der Waals surface area contributed by atoms with Crippen molar-refractivity contribution in [2.45, 2.75) is 13.0 Å². The predicted molar refractivity (Wildman–Crippen MR) is 91.6 cm³/mol. The molecule has 1 unspecified atom stereocenters. The fourth-order valence-corrected chi connectivity index (χ4v) is 4.04. The van der Waals surface area contributed by atoms with E-state index in [0.29, 0.717) is 0 Å². The number of hydrogen-bond donors (Lipinski definition) is 1. The van der Waals surface area contributed by atoms with Crippen LogP contribution >= 0.6 is 27.3 Å². The van der Waals surface area contributed by atoms with Crippen LogP contribution in [-0.4, -0.2) is 7.05 Å². The van der Waals surface area contributed by atoms with Gasteiger partial charge >= 0.3 is 0 Å². The summed E-state index contributed by atoms with van der Waals surface area (Å²) in [6.07, 6.45) is 0. The summed E-state index contributed by atoms with van der Waals surface area (Å²) in [5.41, 5.74) is 4.04. The largest absolute Gasteiger partial charge is 0.309 e. The average molecular weight is 346 g/mol. The number of aryl methyl sites for hydroxylation is 1. The van der Waals surface area contributed by atoms with Gasteiger partial charge in [-0.1, -0.05) is 46.3 Å². The zero-order valence-corrected chi connectivity index (χ0v) is 13.9. The van der Waals surface area contributed by atoms with Gasteiger partial charge in [-0.2, -0.15) is 11.3 Å². The third-order valence-corrected chi connectivity index (χ3v) is 5.28. The first kappa shape index (κ1) is 13.8. The maximum atomic E-state index is 3.65. The van der Waals surface area contributed by atoms with E-state index in [0.717, 1.165) is 4.47 Å². The fourth-order valence-electron chi connectivity index (χ4n) is 2.68. The first-order valence-electron chi connectivity index (χ1n) is 6.59. The Morgan fingerprint density at radius 2 is 1.75 bits per heavy atom. The van der Waals surface area contributed by atoms with E-state index in [4.69, 9.17) is 0 Å². The Morgan fingerprint density at radius 3 is 2.40 bits per heavy atom. The minimum absolute atomic E-state index is 0.235. The highest BCUT2D eigenvalue weighted by Crippen LogP contribution is 2.34. The number of rotatable bonds is 3. The molecule has 0 bridgehead atoms. The van der Waals surface area contributed by atoms with E-state index >= 15 is 0 Å². The van der Waals surface area contributed by atoms with Gasteiger partial charge in [0.05, 0.1) is 6.04 Å². The minimum Gasteiger partial charge on any atom is -0.309 e. The fraction of sp³-hybridized carbons (Fsp3) is 0.176. The van der Waals surface area contributed by atoms with Crippen molar-refractivity contribution >= 4 is 38.0 Å². The lowest BCUT2D eigenvalue weighted by atomic mass is 9.94. The van der Waals surface area contributed by atoms with Crippen LogP contribution in [0.4, 0.5) is 0 Å². The van der Waals surface area contributed by atoms with E-state index in [-0.39, 0.29) is 6.04 Å². The number of nitrogens with one attached hydrogen (secondary N) is 1. The summed E-state index contributed by atoms with van der Waals surface area (Å²) in [7, 11) is 2.03. The lowest BCUT2D eigenvalue weighted by Crippen LogP contribution is -2.18. The quantitative estimate of drug-likeness (QED) is 0.680. The highest BCUT2D eigenvalue weighted by molar-refractivity contribution is 9.10. The topological polar surface area (TPSA) is 12.0 Å². The molecule has 0 aliphatic rings. The maximum Gasteiger partial charge on any atom is 0.0591 e. The molecule has 0 aliphatic carbocycles. The Morgan fingerprint density at radius 1 is 1.00 bits per heavy atom. The molecule has 20 heavy (non-hydrogen) atoms. The summed E-state index contributed by atoms with van der Waals surface area (Å²) in [6.45, 7) is 2.18. The first-order chi connectivity index (χ1) is 9.72. The van der Waals surface area contributed by atoms with E-state index in [1.54, 1.807) is 11.3 Å². The number of benzene rings is 2. The SMILES string of the molecule is CNC(c1cscc1C)c1ccc(Br)c2ccccc12. The van der Waals surface area contributed by atoms with Crippen molar-refractivity contribution in [2.75, 3.05) is 7.05 Å². The van der Waals surface area contributed by atoms with E-state index in [2.05, 4.69) is 75.3 Å². The van der Waals surface area contributed by atoms with Gasteiger partial charge in [-0.25, -0.2) is 0 Å². The van der Waals surface area contributed by atoms with Crippen LogP contribution in [0.25, 0.3) is 10.8 Å². The lowest BCUT2D eigenvalue weighted by molar-refractivity contribution is 0.695. The maximum absolute atomic E-state index is 3.65. The Bertz CT molecular complexity index is 748.